The van der Waals surface area contributed by atoms with Crippen molar-refractivity contribution in [3.8, 4) is 0 Å². The van der Waals surface area contributed by atoms with Gasteiger partial charge in [-0.15, -0.1) is 0 Å². The number of carbonyl (C=O) groups is 2. The zero-order valence-corrected chi connectivity index (χ0v) is 31.7. The molecular formula is C39H54O7SSi. The summed E-state index contributed by atoms with van der Waals surface area (Å²) in [6.07, 6.45) is 1.87. The number of aliphatic carboxylic acids is 1. The maximum atomic E-state index is 13.5. The number of hydrogen-bond acceptors (Lipinski definition) is 6. The van der Waals surface area contributed by atoms with Crippen molar-refractivity contribution in [3.63, 3.8) is 0 Å². The van der Waals surface area contributed by atoms with Crippen LogP contribution in [-0.4, -0.2) is 59.0 Å². The molecule has 0 aliphatic rings. The van der Waals surface area contributed by atoms with Crippen molar-refractivity contribution >= 4 is 40.5 Å². The lowest BCUT2D eigenvalue weighted by atomic mass is 9.75. The van der Waals surface area contributed by atoms with Gasteiger partial charge in [0.05, 0.1) is 29.9 Å². The number of rotatable bonds is 17. The molecule has 3 aromatic carbocycles. The summed E-state index contributed by atoms with van der Waals surface area (Å²) in [5.74, 6) is -1.71. The number of methoxy groups -OCH3 is 1. The number of carboxylic acids is 1. The van der Waals surface area contributed by atoms with E-state index in [4.69, 9.17) is 9.16 Å². The van der Waals surface area contributed by atoms with Gasteiger partial charge in [0.2, 0.25) is 0 Å². The summed E-state index contributed by atoms with van der Waals surface area (Å²) < 4.78 is 38.8. The highest BCUT2D eigenvalue weighted by Crippen LogP contribution is 2.37. The van der Waals surface area contributed by atoms with Gasteiger partial charge in [-0.2, -0.15) is 0 Å². The monoisotopic (exact) mass is 694 g/mol. The fourth-order valence-electron chi connectivity index (χ4n) is 6.80. The predicted molar refractivity (Wildman–Crippen MR) is 196 cm³/mol. The Morgan fingerprint density at radius 1 is 0.833 bits per heavy atom. The first kappa shape index (κ1) is 39.2. The molecule has 0 aliphatic carbocycles. The molecule has 0 radical (unpaired) electrons. The second-order valence-corrected chi connectivity index (χ2v) is 21.6. The zero-order valence-electron chi connectivity index (χ0n) is 29.9. The van der Waals surface area contributed by atoms with Gasteiger partial charge in [-0.3, -0.25) is 9.59 Å². The molecule has 0 bridgehead atoms. The Morgan fingerprint density at radius 3 is 1.90 bits per heavy atom. The normalized spacial score (nSPS) is 14.6. The van der Waals surface area contributed by atoms with Crippen LogP contribution in [0, 0.1) is 11.3 Å². The Morgan fingerprint density at radius 2 is 1.40 bits per heavy atom. The average molecular weight is 695 g/mol. The van der Waals surface area contributed by atoms with Crippen molar-refractivity contribution in [1.82, 2.24) is 0 Å². The fraction of sp³-hybridized carbons (Fsp3) is 0.487. The number of esters is 1. The van der Waals surface area contributed by atoms with Crippen LogP contribution in [0.4, 0.5) is 0 Å². The van der Waals surface area contributed by atoms with E-state index in [-0.39, 0.29) is 35.0 Å². The molecule has 0 saturated carbocycles. The minimum atomic E-state index is -3.49. The van der Waals surface area contributed by atoms with E-state index in [0.717, 1.165) is 15.9 Å². The highest BCUT2D eigenvalue weighted by atomic mass is 32.2. The molecular weight excluding hydrogens is 641 g/mol. The van der Waals surface area contributed by atoms with Gasteiger partial charge in [-0.05, 0) is 58.1 Å². The van der Waals surface area contributed by atoms with E-state index < -0.39 is 35.0 Å². The molecule has 0 heterocycles. The number of ether oxygens (including phenoxy) is 1. The molecule has 0 aromatic heterocycles. The number of carbonyl (C=O) groups excluding carboxylic acids is 1. The molecule has 0 fully saturated rings. The molecule has 2 atom stereocenters. The first-order chi connectivity index (χ1) is 22.4. The molecule has 3 rings (SSSR count). The Bertz CT molecular complexity index is 1580. The van der Waals surface area contributed by atoms with Crippen molar-refractivity contribution in [1.29, 1.82) is 0 Å². The molecule has 7 nitrogen and oxygen atoms in total. The number of benzene rings is 3. The molecule has 3 aromatic rings. The summed E-state index contributed by atoms with van der Waals surface area (Å²) >= 11 is 0. The number of carboxylic acid groups (broad SMARTS) is 1. The molecule has 9 heteroatoms. The third-order valence-electron chi connectivity index (χ3n) is 9.45. The van der Waals surface area contributed by atoms with E-state index in [1.54, 1.807) is 13.8 Å². The summed E-state index contributed by atoms with van der Waals surface area (Å²) in [5, 5.41) is 12.3. The van der Waals surface area contributed by atoms with Crippen LogP contribution < -0.4 is 10.4 Å². The second kappa shape index (κ2) is 16.0. The lowest BCUT2D eigenvalue weighted by Gasteiger charge is -2.43. The van der Waals surface area contributed by atoms with E-state index in [0.29, 0.717) is 31.2 Å². The van der Waals surface area contributed by atoms with Gasteiger partial charge in [0.15, 0.2) is 9.84 Å². The van der Waals surface area contributed by atoms with Crippen molar-refractivity contribution in [2.45, 2.75) is 84.6 Å². The Kier molecular flexibility index (Phi) is 13.0. The highest BCUT2D eigenvalue weighted by molar-refractivity contribution is 7.91. The van der Waals surface area contributed by atoms with Gasteiger partial charge in [-0.1, -0.05) is 133 Å². The number of sulfone groups is 1. The smallest absolute Gasteiger partial charge is 0.313 e. The van der Waals surface area contributed by atoms with Crippen molar-refractivity contribution in [3.05, 3.63) is 96.1 Å². The fourth-order valence-corrected chi connectivity index (χ4v) is 13.3. The molecule has 48 heavy (non-hydrogen) atoms. The van der Waals surface area contributed by atoms with Gasteiger partial charge in [0, 0.05) is 6.61 Å². The largest absolute Gasteiger partial charge is 0.481 e. The van der Waals surface area contributed by atoms with E-state index in [9.17, 15) is 23.1 Å². The molecule has 1 N–H and O–H groups in total. The van der Waals surface area contributed by atoms with Gasteiger partial charge < -0.3 is 14.3 Å². The maximum absolute atomic E-state index is 13.5. The van der Waals surface area contributed by atoms with Crippen LogP contribution in [0.15, 0.2) is 84.9 Å². The van der Waals surface area contributed by atoms with Crippen LogP contribution in [0.2, 0.25) is 5.04 Å². The lowest BCUT2D eigenvalue weighted by Crippen LogP contribution is -2.66. The third kappa shape index (κ3) is 9.67. The van der Waals surface area contributed by atoms with Crippen molar-refractivity contribution in [2.24, 2.45) is 11.3 Å². The average Bonchev–Trinajstić information content (AvgIpc) is 3.02. The predicted octanol–water partition coefficient (Wildman–Crippen LogP) is 6.57. The molecule has 0 spiro atoms. The summed E-state index contributed by atoms with van der Waals surface area (Å²) in [5.41, 5.74) is -0.198. The Labute approximate surface area is 289 Å². The van der Waals surface area contributed by atoms with Crippen LogP contribution in [0.25, 0.3) is 0 Å². The highest BCUT2D eigenvalue weighted by Gasteiger charge is 2.50. The Hall–Kier alpha value is -3.27. The Balaban J connectivity index is 1.70. The van der Waals surface area contributed by atoms with Crippen molar-refractivity contribution in [2.75, 3.05) is 25.2 Å². The van der Waals surface area contributed by atoms with Gasteiger partial charge >= 0.3 is 11.9 Å². The van der Waals surface area contributed by atoms with Crippen LogP contribution >= 0.6 is 0 Å². The van der Waals surface area contributed by atoms with E-state index >= 15 is 0 Å². The summed E-state index contributed by atoms with van der Waals surface area (Å²) in [4.78, 5) is 24.5. The number of hydrogen-bond donors (Lipinski definition) is 1. The first-order valence-electron chi connectivity index (χ1n) is 16.7. The van der Waals surface area contributed by atoms with Crippen LogP contribution in [0.1, 0.15) is 78.9 Å². The van der Waals surface area contributed by atoms with Gasteiger partial charge in [0.1, 0.15) is 0 Å². The zero-order chi connectivity index (χ0) is 35.8. The molecule has 1 unspecified atom stereocenters. The van der Waals surface area contributed by atoms with Crippen LogP contribution in [0.5, 0.6) is 0 Å². The summed E-state index contributed by atoms with van der Waals surface area (Å²) in [6.45, 7) is 14.0. The third-order valence-corrected chi connectivity index (χ3v) is 16.5. The summed E-state index contributed by atoms with van der Waals surface area (Å²) in [6, 6.07) is 27.7. The van der Waals surface area contributed by atoms with Gasteiger partial charge in [0.25, 0.3) is 8.32 Å². The van der Waals surface area contributed by atoms with Crippen LogP contribution in [0.3, 0.4) is 0 Å². The topological polar surface area (TPSA) is 107 Å². The summed E-state index contributed by atoms with van der Waals surface area (Å²) in [7, 11) is -4.99. The SMILES string of the molecule is COC(=O)[C@@H](C)Cc1cccc(C(C)(CCCC(C)(C)CS(=O)(=O)CCO[Si](c2ccccc2)(c2ccccc2)C(C)(C)C)C(=O)O)c1. The minimum Gasteiger partial charge on any atom is -0.481 e. The standard InChI is InChI=1S/C39H54O7SSi/c1-30(35(40)45-8)27-31-17-15-18-32(28-31)39(7,36(41)42)24-16-23-38(5,6)29-47(43,44)26-25-46-48(37(2,3)4,33-19-11-9-12-20-33)34-21-13-10-14-22-34/h9-15,17-22,28,30H,16,23-27,29H2,1-8H3,(H,41,42)/t30-,39?/m0/s1. The minimum absolute atomic E-state index is 0.0191. The van der Waals surface area contributed by atoms with E-state index in [1.807, 2.05) is 74.5 Å². The lowest BCUT2D eigenvalue weighted by molar-refractivity contribution is -0.145. The van der Waals surface area contributed by atoms with E-state index in [1.165, 1.54) is 7.11 Å². The maximum Gasteiger partial charge on any atom is 0.313 e. The molecule has 0 amide bonds. The molecule has 0 saturated heterocycles. The van der Waals surface area contributed by atoms with Crippen molar-refractivity contribution < 1.29 is 32.3 Å². The van der Waals surface area contributed by atoms with Gasteiger partial charge in [-0.25, -0.2) is 8.42 Å². The quantitative estimate of drug-likeness (QED) is 0.126. The molecule has 262 valence electrons. The van der Waals surface area contributed by atoms with E-state index in [2.05, 4.69) is 45.0 Å². The second-order valence-electron chi connectivity index (χ2n) is 15.1. The first-order valence-corrected chi connectivity index (χ1v) is 20.5. The molecule has 0 aliphatic heterocycles. The van der Waals surface area contributed by atoms with Crippen LogP contribution in [-0.2, 0) is 40.4 Å².